The van der Waals surface area contributed by atoms with E-state index in [1.54, 1.807) is 6.08 Å². The summed E-state index contributed by atoms with van der Waals surface area (Å²) in [6, 6.07) is 1.34. The molecule has 0 aliphatic carbocycles. The highest BCUT2D eigenvalue weighted by Gasteiger charge is 2.52. The van der Waals surface area contributed by atoms with Gasteiger partial charge in [-0.25, -0.2) is 9.37 Å². The third-order valence-electron chi connectivity index (χ3n) is 4.11. The van der Waals surface area contributed by atoms with Crippen molar-refractivity contribution in [2.75, 3.05) is 13.6 Å². The molecule has 0 unspecified atom stereocenters. The molecule has 1 aromatic heterocycles. The van der Waals surface area contributed by atoms with E-state index in [4.69, 9.17) is 20.9 Å². The number of nitrogens with zero attached hydrogens (tertiary/aromatic N) is 1. The summed E-state index contributed by atoms with van der Waals surface area (Å²) in [6.45, 7) is 8.48. The average Bonchev–Trinajstić information content (AvgIpc) is 2.62. The fourth-order valence-electron chi connectivity index (χ4n) is 2.14. The smallest absolute Gasteiger partial charge is 0.400 e. The standard InChI is InChI=1S/C15H21BClFN2O2/c1-14(2)15(3,4)22-16(21-14)11(8-19-5)6-10-7-12(18)9-20-13(10)17/h6-7,9,19H,8H2,1-5H3. The Kier molecular flexibility index (Phi) is 4.97. The second kappa shape index (κ2) is 6.28. The summed E-state index contributed by atoms with van der Waals surface area (Å²) in [7, 11) is 1.31. The second-order valence-corrected chi connectivity index (χ2v) is 6.73. The zero-order valence-electron chi connectivity index (χ0n) is 13.5. The molecule has 1 aromatic rings. The molecule has 0 spiro atoms. The first-order valence-corrected chi connectivity index (χ1v) is 7.56. The molecule has 1 aliphatic rings. The molecule has 0 bridgehead atoms. The Balaban J connectivity index is 2.35. The summed E-state index contributed by atoms with van der Waals surface area (Å²) in [4.78, 5) is 3.82. The van der Waals surface area contributed by atoms with Gasteiger partial charge in [-0.1, -0.05) is 17.7 Å². The van der Waals surface area contributed by atoms with Gasteiger partial charge in [-0.2, -0.15) is 0 Å². The van der Waals surface area contributed by atoms with E-state index < -0.39 is 24.1 Å². The summed E-state index contributed by atoms with van der Waals surface area (Å²) >= 11 is 6.03. The van der Waals surface area contributed by atoms with Gasteiger partial charge in [0.25, 0.3) is 0 Å². The number of nitrogens with one attached hydrogen (secondary N) is 1. The zero-order valence-corrected chi connectivity index (χ0v) is 14.3. The van der Waals surface area contributed by atoms with Crippen molar-refractivity contribution in [3.63, 3.8) is 0 Å². The van der Waals surface area contributed by atoms with Crippen LogP contribution in [0.5, 0.6) is 0 Å². The molecule has 1 saturated heterocycles. The monoisotopic (exact) mass is 326 g/mol. The summed E-state index contributed by atoms with van der Waals surface area (Å²) in [5, 5.41) is 3.31. The van der Waals surface area contributed by atoms with E-state index in [9.17, 15) is 4.39 Å². The largest absolute Gasteiger partial charge is 0.491 e. The maximum atomic E-state index is 13.4. The third kappa shape index (κ3) is 3.51. The van der Waals surface area contributed by atoms with E-state index in [0.717, 1.165) is 11.7 Å². The molecular formula is C15H21BClFN2O2. The predicted molar refractivity (Wildman–Crippen MR) is 87.2 cm³/mol. The van der Waals surface area contributed by atoms with Gasteiger partial charge in [0.15, 0.2) is 0 Å². The van der Waals surface area contributed by atoms with Gasteiger partial charge in [0.2, 0.25) is 0 Å². The van der Waals surface area contributed by atoms with Gasteiger partial charge in [0.05, 0.1) is 17.4 Å². The highest BCUT2D eigenvalue weighted by Crippen LogP contribution is 2.38. The number of aromatic nitrogens is 1. The Labute approximate surface area is 136 Å². The van der Waals surface area contributed by atoms with Crippen molar-refractivity contribution < 1.29 is 13.7 Å². The van der Waals surface area contributed by atoms with Crippen molar-refractivity contribution in [2.24, 2.45) is 0 Å². The SMILES string of the molecule is CNCC(=Cc1cc(F)cnc1Cl)B1OC(C)(C)C(C)(C)O1. The van der Waals surface area contributed by atoms with Crippen LogP contribution in [0.3, 0.4) is 0 Å². The molecule has 0 atom stereocenters. The Hall–Kier alpha value is -0.945. The van der Waals surface area contributed by atoms with Crippen LogP contribution in [-0.4, -0.2) is 36.9 Å². The summed E-state index contributed by atoms with van der Waals surface area (Å²) in [5.74, 6) is -0.437. The van der Waals surface area contributed by atoms with Gasteiger partial charge in [0, 0.05) is 12.1 Å². The Morgan fingerprint density at radius 3 is 2.50 bits per heavy atom. The van der Waals surface area contributed by atoms with Crippen molar-refractivity contribution >= 4 is 24.8 Å². The molecule has 22 heavy (non-hydrogen) atoms. The number of hydrogen-bond donors (Lipinski definition) is 1. The number of hydrogen-bond acceptors (Lipinski definition) is 4. The molecule has 1 fully saturated rings. The summed E-state index contributed by atoms with van der Waals surface area (Å²) in [6.07, 6.45) is 2.85. The number of rotatable bonds is 4. The molecule has 1 aliphatic heterocycles. The maximum Gasteiger partial charge on any atom is 0.491 e. The fraction of sp³-hybridized carbons (Fsp3) is 0.533. The molecular weight excluding hydrogens is 305 g/mol. The highest BCUT2D eigenvalue weighted by molar-refractivity contribution is 6.56. The molecule has 0 saturated carbocycles. The van der Waals surface area contributed by atoms with Crippen LogP contribution in [0, 0.1) is 5.82 Å². The van der Waals surface area contributed by atoms with Gasteiger partial charge in [0.1, 0.15) is 11.0 Å². The van der Waals surface area contributed by atoms with Gasteiger partial charge in [-0.3, -0.25) is 0 Å². The van der Waals surface area contributed by atoms with Crippen molar-refractivity contribution in [1.82, 2.24) is 10.3 Å². The first kappa shape index (κ1) is 17.4. The van der Waals surface area contributed by atoms with Crippen molar-refractivity contribution in [3.05, 3.63) is 34.3 Å². The van der Waals surface area contributed by atoms with Gasteiger partial charge < -0.3 is 14.6 Å². The minimum absolute atomic E-state index is 0.242. The summed E-state index contributed by atoms with van der Waals surface area (Å²) < 4.78 is 25.4. The Morgan fingerprint density at radius 2 is 1.95 bits per heavy atom. The van der Waals surface area contributed by atoms with Crippen LogP contribution in [0.1, 0.15) is 33.3 Å². The molecule has 0 radical (unpaired) electrons. The lowest BCUT2D eigenvalue weighted by molar-refractivity contribution is 0.00578. The number of likely N-dealkylation sites (N-methyl/N-ethyl adjacent to an activating group) is 1. The lowest BCUT2D eigenvalue weighted by Gasteiger charge is -2.32. The van der Waals surface area contributed by atoms with Crippen LogP contribution in [-0.2, 0) is 9.31 Å². The molecule has 2 rings (SSSR count). The minimum atomic E-state index is -0.517. The van der Waals surface area contributed by atoms with Gasteiger partial charge in [-0.15, -0.1) is 0 Å². The van der Waals surface area contributed by atoms with Gasteiger partial charge in [-0.05, 0) is 46.3 Å². The Bertz CT molecular complexity index is 577. The summed E-state index contributed by atoms with van der Waals surface area (Å²) in [5.41, 5.74) is 0.459. The van der Waals surface area contributed by atoms with Crippen LogP contribution in [0.2, 0.25) is 5.15 Å². The van der Waals surface area contributed by atoms with Gasteiger partial charge >= 0.3 is 7.12 Å². The quantitative estimate of drug-likeness (QED) is 0.682. The molecule has 0 aromatic carbocycles. The van der Waals surface area contributed by atoms with E-state index in [-0.39, 0.29) is 5.15 Å². The number of halogens is 2. The normalized spacial score (nSPS) is 20.5. The maximum absolute atomic E-state index is 13.4. The van der Waals surface area contributed by atoms with Crippen LogP contribution >= 0.6 is 11.6 Å². The molecule has 7 heteroatoms. The zero-order chi connectivity index (χ0) is 16.5. The molecule has 2 heterocycles. The minimum Gasteiger partial charge on any atom is -0.400 e. The van der Waals surface area contributed by atoms with Crippen LogP contribution in [0.25, 0.3) is 6.08 Å². The van der Waals surface area contributed by atoms with Crippen molar-refractivity contribution in [3.8, 4) is 0 Å². The van der Waals surface area contributed by atoms with E-state index in [1.807, 2.05) is 34.7 Å². The third-order valence-corrected chi connectivity index (χ3v) is 4.43. The van der Waals surface area contributed by atoms with E-state index in [2.05, 4.69) is 10.3 Å². The first-order chi connectivity index (χ1) is 10.2. The van der Waals surface area contributed by atoms with Crippen molar-refractivity contribution in [2.45, 2.75) is 38.9 Å². The van der Waals surface area contributed by atoms with E-state index >= 15 is 0 Å². The highest BCUT2D eigenvalue weighted by atomic mass is 35.5. The topological polar surface area (TPSA) is 43.4 Å². The van der Waals surface area contributed by atoms with Crippen LogP contribution in [0.4, 0.5) is 4.39 Å². The van der Waals surface area contributed by atoms with E-state index in [1.165, 1.54) is 6.07 Å². The average molecular weight is 327 g/mol. The van der Waals surface area contributed by atoms with Crippen LogP contribution < -0.4 is 5.32 Å². The number of pyridine rings is 1. The second-order valence-electron chi connectivity index (χ2n) is 6.37. The Morgan fingerprint density at radius 1 is 1.36 bits per heavy atom. The molecule has 4 nitrogen and oxygen atoms in total. The lowest BCUT2D eigenvalue weighted by atomic mass is 9.77. The van der Waals surface area contributed by atoms with Crippen molar-refractivity contribution in [1.29, 1.82) is 0 Å². The first-order valence-electron chi connectivity index (χ1n) is 7.18. The molecule has 1 N–H and O–H groups in total. The van der Waals surface area contributed by atoms with Crippen LogP contribution in [0.15, 0.2) is 17.7 Å². The van der Waals surface area contributed by atoms with E-state index in [0.29, 0.717) is 12.1 Å². The fourth-order valence-corrected chi connectivity index (χ4v) is 2.30. The lowest BCUT2D eigenvalue weighted by Crippen LogP contribution is -2.41. The molecule has 0 amide bonds. The predicted octanol–water partition coefficient (Wildman–Crippen LogP) is 3.11. The molecule has 120 valence electrons.